The van der Waals surface area contributed by atoms with Crippen LogP contribution in [0, 0.1) is 11.6 Å². The molecule has 3 aromatic rings. The predicted octanol–water partition coefficient (Wildman–Crippen LogP) is 4.09. The molecule has 1 aliphatic rings. The molecule has 30 heavy (non-hydrogen) atoms. The van der Waals surface area contributed by atoms with Crippen molar-refractivity contribution >= 4 is 10.8 Å². The fourth-order valence-electron chi connectivity index (χ4n) is 4.19. The minimum absolute atomic E-state index is 0.00744. The number of halogens is 2. The van der Waals surface area contributed by atoms with Crippen molar-refractivity contribution in [2.24, 2.45) is 7.05 Å². The molecular formula is C23H24F2N2O3. The third-order valence-corrected chi connectivity index (χ3v) is 6.15. The second-order valence-corrected chi connectivity index (χ2v) is 7.68. The maximum absolute atomic E-state index is 14.1. The topological polar surface area (TPSA) is 43.7 Å². The van der Waals surface area contributed by atoms with Crippen molar-refractivity contribution in [1.29, 1.82) is 0 Å². The third-order valence-electron chi connectivity index (χ3n) is 6.15. The Morgan fingerprint density at radius 3 is 2.43 bits per heavy atom. The SMILES string of the molecule is COc1ccc(C(C)N(C)[C@@H]2COCc3c2c2cc(F)c(F)cc2c(=O)n3C)cc1. The highest BCUT2D eigenvalue weighted by Gasteiger charge is 2.32. The number of ether oxygens (including phenoxy) is 2. The van der Waals surface area contributed by atoms with Crippen molar-refractivity contribution in [3.8, 4) is 5.75 Å². The van der Waals surface area contributed by atoms with E-state index in [1.165, 1.54) is 4.57 Å². The van der Waals surface area contributed by atoms with Crippen LogP contribution >= 0.6 is 0 Å². The Balaban J connectivity index is 1.84. The highest BCUT2D eigenvalue weighted by molar-refractivity contribution is 5.86. The first-order valence-corrected chi connectivity index (χ1v) is 9.77. The van der Waals surface area contributed by atoms with Gasteiger partial charge in [0.2, 0.25) is 0 Å². The van der Waals surface area contributed by atoms with Gasteiger partial charge >= 0.3 is 0 Å². The Kier molecular flexibility index (Phi) is 5.34. The van der Waals surface area contributed by atoms with Crippen LogP contribution in [0.4, 0.5) is 8.78 Å². The zero-order valence-corrected chi connectivity index (χ0v) is 17.4. The standard InChI is InChI=1S/C23H24F2N2O3/c1-13(14-5-7-15(29-4)8-6-14)26(2)20-11-30-12-21-22(20)16-9-18(24)19(25)10-17(16)23(28)27(21)3/h5-10,13,20H,11-12H2,1-4H3/t13?,20-/m1/s1. The summed E-state index contributed by atoms with van der Waals surface area (Å²) >= 11 is 0. The molecule has 1 aromatic heterocycles. The number of aromatic nitrogens is 1. The van der Waals surface area contributed by atoms with Gasteiger partial charge in [-0.1, -0.05) is 12.1 Å². The van der Waals surface area contributed by atoms with Gasteiger partial charge in [0, 0.05) is 18.7 Å². The average molecular weight is 414 g/mol. The lowest BCUT2D eigenvalue weighted by molar-refractivity contribution is 0.0253. The molecule has 0 spiro atoms. The number of hydrogen-bond acceptors (Lipinski definition) is 4. The quantitative estimate of drug-likeness (QED) is 0.645. The Bertz CT molecular complexity index is 1160. The third kappa shape index (κ3) is 3.28. The fourth-order valence-corrected chi connectivity index (χ4v) is 4.19. The summed E-state index contributed by atoms with van der Waals surface area (Å²) in [5, 5.41) is 0.613. The summed E-state index contributed by atoms with van der Waals surface area (Å²) in [5.74, 6) is -1.21. The summed E-state index contributed by atoms with van der Waals surface area (Å²) in [4.78, 5) is 14.9. The second-order valence-electron chi connectivity index (χ2n) is 7.68. The van der Waals surface area contributed by atoms with Crippen LogP contribution in [-0.2, 0) is 18.4 Å². The molecule has 0 amide bonds. The van der Waals surface area contributed by atoms with E-state index >= 15 is 0 Å². The van der Waals surface area contributed by atoms with Gasteiger partial charge in [-0.2, -0.15) is 0 Å². The van der Waals surface area contributed by atoms with Crippen molar-refractivity contribution in [2.45, 2.75) is 25.6 Å². The van der Waals surface area contributed by atoms with E-state index in [0.717, 1.165) is 29.0 Å². The van der Waals surface area contributed by atoms with Crippen LogP contribution in [-0.4, -0.2) is 30.2 Å². The van der Waals surface area contributed by atoms with E-state index in [0.29, 0.717) is 17.7 Å². The molecule has 2 atom stereocenters. The van der Waals surface area contributed by atoms with E-state index in [1.807, 2.05) is 31.3 Å². The van der Waals surface area contributed by atoms with E-state index in [9.17, 15) is 13.6 Å². The predicted molar refractivity (Wildman–Crippen MR) is 111 cm³/mol. The molecule has 0 radical (unpaired) electrons. The van der Waals surface area contributed by atoms with Crippen LogP contribution in [0.5, 0.6) is 5.75 Å². The zero-order valence-electron chi connectivity index (χ0n) is 17.4. The molecule has 1 unspecified atom stereocenters. The van der Waals surface area contributed by atoms with Crippen molar-refractivity contribution in [3.63, 3.8) is 0 Å². The number of nitrogens with zero attached hydrogens (tertiary/aromatic N) is 2. The first-order chi connectivity index (χ1) is 14.3. The molecule has 5 nitrogen and oxygen atoms in total. The number of likely N-dealkylation sites (N-methyl/N-ethyl adjacent to an activating group) is 1. The van der Waals surface area contributed by atoms with Crippen molar-refractivity contribution in [1.82, 2.24) is 9.47 Å². The van der Waals surface area contributed by atoms with E-state index in [-0.39, 0.29) is 29.6 Å². The van der Waals surface area contributed by atoms with E-state index in [4.69, 9.17) is 9.47 Å². The zero-order chi connectivity index (χ0) is 21.6. The van der Waals surface area contributed by atoms with E-state index in [2.05, 4.69) is 11.8 Å². The summed E-state index contributed by atoms with van der Waals surface area (Å²) in [5.41, 5.74) is 2.21. The van der Waals surface area contributed by atoms with Gasteiger partial charge < -0.3 is 14.0 Å². The minimum atomic E-state index is -1.02. The minimum Gasteiger partial charge on any atom is -0.497 e. The van der Waals surface area contributed by atoms with Crippen molar-refractivity contribution in [3.05, 3.63) is 75.2 Å². The maximum atomic E-state index is 14.1. The van der Waals surface area contributed by atoms with Gasteiger partial charge in [-0.15, -0.1) is 0 Å². The highest BCUT2D eigenvalue weighted by Crippen LogP contribution is 2.38. The van der Waals surface area contributed by atoms with Gasteiger partial charge in [0.15, 0.2) is 11.6 Å². The maximum Gasteiger partial charge on any atom is 0.258 e. The molecule has 0 bridgehead atoms. The number of methoxy groups -OCH3 is 1. The van der Waals surface area contributed by atoms with Crippen molar-refractivity contribution in [2.75, 3.05) is 20.8 Å². The normalized spacial score (nSPS) is 17.2. The van der Waals surface area contributed by atoms with Crippen LogP contribution in [0.15, 0.2) is 41.2 Å². The number of fused-ring (bicyclic) bond motifs is 3. The largest absolute Gasteiger partial charge is 0.497 e. The first-order valence-electron chi connectivity index (χ1n) is 9.77. The molecular weight excluding hydrogens is 390 g/mol. The van der Waals surface area contributed by atoms with E-state index in [1.54, 1.807) is 14.2 Å². The summed E-state index contributed by atoms with van der Waals surface area (Å²) in [6.07, 6.45) is 0. The van der Waals surface area contributed by atoms with Crippen LogP contribution in [0.3, 0.4) is 0 Å². The molecule has 0 saturated carbocycles. The number of hydrogen-bond donors (Lipinski definition) is 0. The number of benzene rings is 2. The molecule has 1 aliphatic heterocycles. The molecule has 0 saturated heterocycles. The van der Waals surface area contributed by atoms with Gasteiger partial charge in [-0.25, -0.2) is 8.78 Å². The Hall–Kier alpha value is -2.77. The van der Waals surface area contributed by atoms with Gasteiger partial charge in [0.1, 0.15) is 5.75 Å². The molecule has 7 heteroatoms. The lowest BCUT2D eigenvalue weighted by Crippen LogP contribution is -2.37. The lowest BCUT2D eigenvalue weighted by atomic mass is 9.93. The summed E-state index contributed by atoms with van der Waals surface area (Å²) < 4.78 is 40.5. The molecule has 2 heterocycles. The molecule has 0 fully saturated rings. The lowest BCUT2D eigenvalue weighted by Gasteiger charge is -2.38. The van der Waals surface area contributed by atoms with Gasteiger partial charge in [-0.05, 0) is 49.2 Å². The van der Waals surface area contributed by atoms with Crippen LogP contribution in [0.25, 0.3) is 10.8 Å². The first kappa shape index (κ1) is 20.5. The Labute approximate surface area is 173 Å². The summed E-state index contributed by atoms with van der Waals surface area (Å²) in [7, 11) is 5.23. The highest BCUT2D eigenvalue weighted by atomic mass is 19.2. The molecule has 4 rings (SSSR count). The molecule has 2 aromatic carbocycles. The van der Waals surface area contributed by atoms with Gasteiger partial charge in [-0.3, -0.25) is 9.69 Å². The Morgan fingerprint density at radius 1 is 1.17 bits per heavy atom. The van der Waals surface area contributed by atoms with Gasteiger partial charge in [0.25, 0.3) is 5.56 Å². The van der Waals surface area contributed by atoms with Crippen LogP contribution < -0.4 is 10.3 Å². The molecule has 158 valence electrons. The van der Waals surface area contributed by atoms with E-state index < -0.39 is 11.6 Å². The molecule has 0 aliphatic carbocycles. The average Bonchev–Trinajstić information content (AvgIpc) is 2.77. The Morgan fingerprint density at radius 2 is 1.80 bits per heavy atom. The molecule has 0 N–H and O–H groups in total. The van der Waals surface area contributed by atoms with Crippen LogP contribution in [0.2, 0.25) is 0 Å². The van der Waals surface area contributed by atoms with Gasteiger partial charge in [0.05, 0.1) is 37.4 Å². The smallest absolute Gasteiger partial charge is 0.258 e. The van der Waals surface area contributed by atoms with Crippen LogP contribution in [0.1, 0.15) is 35.8 Å². The summed E-state index contributed by atoms with van der Waals surface area (Å²) in [6.45, 7) is 2.70. The fraction of sp³-hybridized carbons (Fsp3) is 0.348. The number of rotatable bonds is 4. The summed E-state index contributed by atoms with van der Waals surface area (Å²) in [6, 6.07) is 9.71. The second kappa shape index (κ2) is 7.81. The number of pyridine rings is 1. The van der Waals surface area contributed by atoms with Crippen molar-refractivity contribution < 1.29 is 18.3 Å². The monoisotopic (exact) mass is 414 g/mol.